The van der Waals surface area contributed by atoms with Gasteiger partial charge in [0.25, 0.3) is 10.0 Å². The molecule has 2 rings (SSSR count). The van der Waals surface area contributed by atoms with Crippen molar-refractivity contribution in [3.63, 3.8) is 0 Å². The summed E-state index contributed by atoms with van der Waals surface area (Å²) in [5.41, 5.74) is 1.01. The van der Waals surface area contributed by atoms with E-state index in [0.29, 0.717) is 23.2 Å². The molecular weight excluding hydrogens is 296 g/mol. The highest BCUT2D eigenvalue weighted by Gasteiger charge is 2.26. The van der Waals surface area contributed by atoms with Gasteiger partial charge in [-0.25, -0.2) is 8.42 Å². The molecule has 0 unspecified atom stereocenters. The number of sulfonamides is 1. The average Bonchev–Trinajstić information content (AvgIpc) is 2.89. The van der Waals surface area contributed by atoms with Crippen LogP contribution in [0, 0.1) is 5.92 Å². The van der Waals surface area contributed by atoms with Gasteiger partial charge in [0, 0.05) is 33.4 Å². The molecule has 1 aromatic rings. The molecule has 114 valence electrons. The van der Waals surface area contributed by atoms with Crippen molar-refractivity contribution in [3.05, 3.63) is 17.0 Å². The molecule has 2 heterocycles. The van der Waals surface area contributed by atoms with Crippen molar-refractivity contribution in [1.29, 1.82) is 0 Å². The van der Waals surface area contributed by atoms with Crippen LogP contribution in [0.4, 0.5) is 0 Å². The summed E-state index contributed by atoms with van der Waals surface area (Å²) < 4.78 is 32.2. The second-order valence-electron chi connectivity index (χ2n) is 5.15. The predicted molar refractivity (Wildman–Crippen MR) is 80.4 cm³/mol. The van der Waals surface area contributed by atoms with Crippen LogP contribution in [0.15, 0.2) is 15.7 Å². The molecule has 0 aromatic carbocycles. The van der Waals surface area contributed by atoms with Crippen LogP contribution < -0.4 is 5.32 Å². The Morgan fingerprint density at radius 2 is 2.15 bits per heavy atom. The van der Waals surface area contributed by atoms with E-state index in [2.05, 4.69) is 5.32 Å². The molecule has 1 aliphatic rings. The van der Waals surface area contributed by atoms with E-state index < -0.39 is 10.0 Å². The Morgan fingerprint density at radius 3 is 2.80 bits per heavy atom. The van der Waals surface area contributed by atoms with E-state index in [0.717, 1.165) is 31.6 Å². The number of hydrogen-bond acceptors (Lipinski definition) is 5. The smallest absolute Gasteiger partial charge is 0.252 e. The summed E-state index contributed by atoms with van der Waals surface area (Å²) in [6.07, 6.45) is 1.88. The van der Waals surface area contributed by atoms with Gasteiger partial charge in [0.1, 0.15) is 4.21 Å². The quantitative estimate of drug-likeness (QED) is 0.864. The van der Waals surface area contributed by atoms with Gasteiger partial charge < -0.3 is 10.1 Å². The molecule has 20 heavy (non-hydrogen) atoms. The second-order valence-corrected chi connectivity index (χ2v) is 8.33. The lowest BCUT2D eigenvalue weighted by Gasteiger charge is -2.26. The number of ether oxygens (including phenoxy) is 1. The van der Waals surface area contributed by atoms with Gasteiger partial charge in [-0.3, -0.25) is 0 Å². The third kappa shape index (κ3) is 3.79. The molecule has 0 amide bonds. The fraction of sp³-hybridized carbons (Fsp3) is 0.692. The number of rotatable bonds is 6. The second kappa shape index (κ2) is 7.00. The zero-order chi connectivity index (χ0) is 14.6. The number of thiophene rings is 1. The molecule has 1 saturated heterocycles. The molecule has 0 atom stereocenters. The van der Waals surface area contributed by atoms with Crippen molar-refractivity contribution in [2.75, 3.05) is 33.9 Å². The van der Waals surface area contributed by atoms with E-state index in [1.54, 1.807) is 13.1 Å². The highest BCUT2D eigenvalue weighted by atomic mass is 32.2. The van der Waals surface area contributed by atoms with Crippen molar-refractivity contribution in [2.45, 2.75) is 23.6 Å². The van der Waals surface area contributed by atoms with E-state index in [1.165, 1.54) is 15.6 Å². The van der Waals surface area contributed by atoms with Crippen molar-refractivity contribution < 1.29 is 13.2 Å². The molecule has 1 fully saturated rings. The van der Waals surface area contributed by atoms with E-state index in [4.69, 9.17) is 4.74 Å². The van der Waals surface area contributed by atoms with E-state index in [1.807, 2.05) is 12.4 Å². The van der Waals surface area contributed by atoms with Crippen LogP contribution >= 0.6 is 11.3 Å². The SMILES string of the molecule is CNCc1csc(S(=O)(=O)N(C)CC2CCOCC2)c1. The van der Waals surface area contributed by atoms with Gasteiger partial charge in [-0.1, -0.05) is 0 Å². The summed E-state index contributed by atoms with van der Waals surface area (Å²) in [4.78, 5) is 0. The maximum atomic E-state index is 12.5. The Hall–Kier alpha value is -0.470. The molecule has 0 aliphatic carbocycles. The van der Waals surface area contributed by atoms with Crippen molar-refractivity contribution in [2.24, 2.45) is 5.92 Å². The van der Waals surface area contributed by atoms with E-state index >= 15 is 0 Å². The minimum absolute atomic E-state index is 0.403. The van der Waals surface area contributed by atoms with E-state index in [-0.39, 0.29) is 0 Å². The fourth-order valence-electron chi connectivity index (χ4n) is 2.33. The van der Waals surface area contributed by atoms with Gasteiger partial charge in [0.2, 0.25) is 0 Å². The maximum Gasteiger partial charge on any atom is 0.252 e. The van der Waals surface area contributed by atoms with Gasteiger partial charge in [-0.15, -0.1) is 11.3 Å². The highest BCUT2D eigenvalue weighted by molar-refractivity contribution is 7.91. The molecule has 1 aliphatic heterocycles. The minimum atomic E-state index is -3.35. The average molecular weight is 318 g/mol. The van der Waals surface area contributed by atoms with Gasteiger partial charge in [0.15, 0.2) is 0 Å². The largest absolute Gasteiger partial charge is 0.381 e. The monoisotopic (exact) mass is 318 g/mol. The minimum Gasteiger partial charge on any atom is -0.381 e. The van der Waals surface area contributed by atoms with Gasteiger partial charge in [-0.2, -0.15) is 4.31 Å². The highest BCUT2D eigenvalue weighted by Crippen LogP contribution is 2.25. The molecule has 0 saturated carbocycles. The Bertz CT molecular complexity index is 521. The first-order valence-corrected chi connectivity index (χ1v) is 9.12. The summed E-state index contributed by atoms with van der Waals surface area (Å²) in [7, 11) is 0.167. The fourth-order valence-corrected chi connectivity index (χ4v) is 4.99. The van der Waals surface area contributed by atoms with Crippen LogP contribution in [0.5, 0.6) is 0 Å². The lowest BCUT2D eigenvalue weighted by atomic mass is 10.0. The number of nitrogens with zero attached hydrogens (tertiary/aromatic N) is 1. The molecule has 0 spiro atoms. The van der Waals surface area contributed by atoms with Crippen molar-refractivity contribution in [1.82, 2.24) is 9.62 Å². The predicted octanol–water partition coefficient (Wildman–Crippen LogP) is 1.51. The standard InChI is InChI=1S/C13H22N2O3S2/c1-14-8-12-7-13(19-10-12)20(16,17)15(2)9-11-3-5-18-6-4-11/h7,10-11,14H,3-6,8-9H2,1-2H3. The third-order valence-corrected chi connectivity index (χ3v) is 6.82. The van der Waals surface area contributed by atoms with E-state index in [9.17, 15) is 8.42 Å². The van der Waals surface area contributed by atoms with Gasteiger partial charge in [0.05, 0.1) is 0 Å². The molecule has 5 nitrogen and oxygen atoms in total. The normalized spacial score (nSPS) is 17.8. The molecule has 0 bridgehead atoms. The van der Waals surface area contributed by atoms with Crippen LogP contribution in [-0.2, 0) is 21.3 Å². The number of hydrogen-bond donors (Lipinski definition) is 1. The Morgan fingerprint density at radius 1 is 1.45 bits per heavy atom. The lowest BCUT2D eigenvalue weighted by Crippen LogP contribution is -2.33. The molecule has 0 radical (unpaired) electrons. The summed E-state index contributed by atoms with van der Waals surface area (Å²) in [5, 5.41) is 4.92. The first kappa shape index (κ1) is 15.9. The first-order chi connectivity index (χ1) is 9.54. The molecule has 1 N–H and O–H groups in total. The van der Waals surface area contributed by atoms with Crippen LogP contribution in [-0.4, -0.2) is 46.6 Å². The summed E-state index contributed by atoms with van der Waals surface area (Å²) in [6.45, 7) is 2.74. The molecule has 1 aromatic heterocycles. The topological polar surface area (TPSA) is 58.6 Å². The maximum absolute atomic E-state index is 12.5. The Labute approximate surface area is 125 Å². The lowest BCUT2D eigenvalue weighted by molar-refractivity contribution is 0.0620. The zero-order valence-corrected chi connectivity index (χ0v) is 13.6. The van der Waals surface area contributed by atoms with Crippen LogP contribution in [0.1, 0.15) is 18.4 Å². The van der Waals surface area contributed by atoms with Crippen molar-refractivity contribution >= 4 is 21.4 Å². The van der Waals surface area contributed by atoms with Crippen LogP contribution in [0.25, 0.3) is 0 Å². The zero-order valence-electron chi connectivity index (χ0n) is 12.0. The third-order valence-electron chi connectivity index (χ3n) is 3.53. The summed E-state index contributed by atoms with van der Waals surface area (Å²) in [6, 6.07) is 1.76. The Kier molecular flexibility index (Phi) is 5.57. The first-order valence-electron chi connectivity index (χ1n) is 6.80. The van der Waals surface area contributed by atoms with Crippen LogP contribution in [0.2, 0.25) is 0 Å². The Balaban J connectivity index is 2.03. The molecular formula is C13H22N2O3S2. The van der Waals surface area contributed by atoms with Crippen molar-refractivity contribution in [3.8, 4) is 0 Å². The summed E-state index contributed by atoms with van der Waals surface area (Å²) >= 11 is 1.29. The van der Waals surface area contributed by atoms with Crippen LogP contribution in [0.3, 0.4) is 0 Å². The summed E-state index contributed by atoms with van der Waals surface area (Å²) in [5.74, 6) is 0.403. The number of nitrogens with one attached hydrogen (secondary N) is 1. The van der Waals surface area contributed by atoms with Gasteiger partial charge >= 0.3 is 0 Å². The van der Waals surface area contributed by atoms with Gasteiger partial charge in [-0.05, 0) is 42.8 Å². The molecule has 7 heteroatoms.